The number of carbonyl (C=O) groups excluding carboxylic acids is 1. The molecule has 0 aliphatic rings. The lowest BCUT2D eigenvalue weighted by Gasteiger charge is -2.15. The molecule has 0 saturated heterocycles. The van der Waals surface area contributed by atoms with Crippen LogP contribution in [-0.4, -0.2) is 41.4 Å². The number of rotatable bonds is 4. The first kappa shape index (κ1) is 11.8. The van der Waals surface area contributed by atoms with E-state index in [1.54, 1.807) is 35.8 Å². The van der Waals surface area contributed by atoms with Crippen molar-refractivity contribution < 1.29 is 4.79 Å². The van der Waals surface area contributed by atoms with Crippen LogP contribution in [0, 0.1) is 0 Å². The molecule has 1 amide bonds. The highest BCUT2D eigenvalue weighted by Crippen LogP contribution is 2.04. The fourth-order valence-corrected chi connectivity index (χ4v) is 1.51. The van der Waals surface area contributed by atoms with Crippen LogP contribution in [0.15, 0.2) is 18.3 Å². The second-order valence-electron chi connectivity index (χ2n) is 3.20. The van der Waals surface area contributed by atoms with Crippen molar-refractivity contribution in [3.05, 3.63) is 24.0 Å². The molecular formula is C10H15N3OS. The molecule has 15 heavy (non-hydrogen) atoms. The largest absolute Gasteiger partial charge is 0.397 e. The fourth-order valence-electron chi connectivity index (χ4n) is 1.06. The van der Waals surface area contributed by atoms with E-state index in [0.29, 0.717) is 11.4 Å². The molecule has 1 rings (SSSR count). The van der Waals surface area contributed by atoms with Crippen molar-refractivity contribution in [3.8, 4) is 0 Å². The van der Waals surface area contributed by atoms with Crippen LogP contribution < -0.4 is 5.73 Å². The molecule has 0 spiro atoms. The molecule has 0 atom stereocenters. The van der Waals surface area contributed by atoms with E-state index in [2.05, 4.69) is 4.98 Å². The number of nitrogen functional groups attached to an aromatic ring is 1. The van der Waals surface area contributed by atoms with Gasteiger partial charge in [-0.1, -0.05) is 0 Å². The van der Waals surface area contributed by atoms with Crippen molar-refractivity contribution in [2.24, 2.45) is 0 Å². The molecular weight excluding hydrogens is 210 g/mol. The van der Waals surface area contributed by atoms with Gasteiger partial charge in [-0.05, 0) is 18.4 Å². The van der Waals surface area contributed by atoms with Crippen LogP contribution in [0.4, 0.5) is 5.69 Å². The van der Waals surface area contributed by atoms with Crippen LogP contribution in [-0.2, 0) is 0 Å². The van der Waals surface area contributed by atoms with Gasteiger partial charge in [0.15, 0.2) is 0 Å². The Morgan fingerprint density at radius 2 is 2.33 bits per heavy atom. The summed E-state index contributed by atoms with van der Waals surface area (Å²) in [5.41, 5.74) is 6.50. The standard InChI is InChI=1S/C10H15N3OS/c1-13(5-6-15-2)10(14)9-4-3-8(11)7-12-9/h3-4,7H,5-6,11H2,1-2H3. The van der Waals surface area contributed by atoms with E-state index in [1.165, 1.54) is 6.20 Å². The Morgan fingerprint density at radius 3 is 2.87 bits per heavy atom. The maximum absolute atomic E-state index is 11.8. The van der Waals surface area contributed by atoms with Gasteiger partial charge in [-0.2, -0.15) is 11.8 Å². The van der Waals surface area contributed by atoms with Crippen LogP contribution in [0.2, 0.25) is 0 Å². The van der Waals surface area contributed by atoms with Crippen LogP contribution in [0.5, 0.6) is 0 Å². The highest BCUT2D eigenvalue weighted by Gasteiger charge is 2.11. The molecule has 0 aliphatic carbocycles. The molecule has 82 valence electrons. The highest BCUT2D eigenvalue weighted by atomic mass is 32.2. The van der Waals surface area contributed by atoms with Crippen LogP contribution in [0.3, 0.4) is 0 Å². The Morgan fingerprint density at radius 1 is 1.60 bits per heavy atom. The summed E-state index contributed by atoms with van der Waals surface area (Å²) in [5.74, 6) is 0.862. The lowest BCUT2D eigenvalue weighted by molar-refractivity contribution is 0.0798. The molecule has 5 heteroatoms. The van der Waals surface area contributed by atoms with Gasteiger partial charge in [0.1, 0.15) is 5.69 Å². The summed E-state index contributed by atoms with van der Waals surface area (Å²) >= 11 is 1.71. The molecule has 1 aromatic heterocycles. The fraction of sp³-hybridized carbons (Fsp3) is 0.400. The lowest BCUT2D eigenvalue weighted by atomic mass is 10.3. The molecule has 0 aromatic carbocycles. The molecule has 0 bridgehead atoms. The first-order valence-corrected chi connectivity index (χ1v) is 6.00. The number of hydrogen-bond donors (Lipinski definition) is 1. The number of pyridine rings is 1. The van der Waals surface area contributed by atoms with E-state index < -0.39 is 0 Å². The molecule has 0 radical (unpaired) electrons. The Labute approximate surface area is 93.9 Å². The van der Waals surface area contributed by atoms with Crippen molar-refractivity contribution in [2.75, 3.05) is 31.3 Å². The Balaban J connectivity index is 2.63. The number of amides is 1. The van der Waals surface area contributed by atoms with Gasteiger partial charge in [-0.25, -0.2) is 4.98 Å². The summed E-state index contributed by atoms with van der Waals surface area (Å²) < 4.78 is 0. The van der Waals surface area contributed by atoms with Crippen molar-refractivity contribution in [3.63, 3.8) is 0 Å². The second kappa shape index (κ2) is 5.60. The zero-order valence-corrected chi connectivity index (χ0v) is 9.75. The van der Waals surface area contributed by atoms with Gasteiger partial charge in [0.2, 0.25) is 0 Å². The first-order chi connectivity index (χ1) is 7.15. The summed E-state index contributed by atoms with van der Waals surface area (Å²) in [5, 5.41) is 0. The van der Waals surface area contributed by atoms with Crippen molar-refractivity contribution >= 4 is 23.4 Å². The summed E-state index contributed by atoms with van der Waals surface area (Å²) in [6, 6.07) is 3.33. The third-order valence-corrected chi connectivity index (χ3v) is 2.57. The zero-order valence-electron chi connectivity index (χ0n) is 8.93. The van der Waals surface area contributed by atoms with Gasteiger partial charge in [0, 0.05) is 19.3 Å². The maximum Gasteiger partial charge on any atom is 0.272 e. The zero-order chi connectivity index (χ0) is 11.3. The number of thioether (sulfide) groups is 1. The summed E-state index contributed by atoms with van der Waals surface area (Å²) in [4.78, 5) is 17.4. The summed E-state index contributed by atoms with van der Waals surface area (Å²) in [6.07, 6.45) is 3.51. The van der Waals surface area contributed by atoms with E-state index in [1.807, 2.05) is 6.26 Å². The number of nitrogens with zero attached hydrogens (tertiary/aromatic N) is 2. The molecule has 0 saturated carbocycles. The molecule has 0 aliphatic heterocycles. The molecule has 0 unspecified atom stereocenters. The van der Waals surface area contributed by atoms with E-state index >= 15 is 0 Å². The van der Waals surface area contributed by atoms with E-state index in [-0.39, 0.29) is 5.91 Å². The smallest absolute Gasteiger partial charge is 0.272 e. The highest BCUT2D eigenvalue weighted by molar-refractivity contribution is 7.98. The molecule has 1 aromatic rings. The predicted molar refractivity (Wildman–Crippen MR) is 64.0 cm³/mol. The average Bonchev–Trinajstić information content (AvgIpc) is 2.26. The lowest BCUT2D eigenvalue weighted by Crippen LogP contribution is -2.29. The summed E-state index contributed by atoms with van der Waals surface area (Å²) in [7, 11) is 1.77. The molecule has 1 heterocycles. The molecule has 0 fully saturated rings. The van der Waals surface area contributed by atoms with Crippen LogP contribution in [0.25, 0.3) is 0 Å². The van der Waals surface area contributed by atoms with Gasteiger partial charge in [-0.3, -0.25) is 4.79 Å². The van der Waals surface area contributed by atoms with Crippen molar-refractivity contribution in [2.45, 2.75) is 0 Å². The quantitative estimate of drug-likeness (QED) is 0.833. The van der Waals surface area contributed by atoms with Crippen LogP contribution >= 0.6 is 11.8 Å². The normalized spacial score (nSPS) is 10.0. The SMILES string of the molecule is CSCCN(C)C(=O)c1ccc(N)cn1. The van der Waals surface area contributed by atoms with Crippen molar-refractivity contribution in [1.82, 2.24) is 9.88 Å². The number of aromatic nitrogens is 1. The Hall–Kier alpha value is -1.23. The van der Waals surface area contributed by atoms with Gasteiger partial charge >= 0.3 is 0 Å². The molecule has 4 nitrogen and oxygen atoms in total. The van der Waals surface area contributed by atoms with E-state index in [9.17, 15) is 4.79 Å². The minimum atomic E-state index is -0.0657. The first-order valence-electron chi connectivity index (χ1n) is 4.61. The monoisotopic (exact) mass is 225 g/mol. The number of hydrogen-bond acceptors (Lipinski definition) is 4. The predicted octanol–water partition coefficient (Wildman–Crippen LogP) is 1.10. The van der Waals surface area contributed by atoms with Gasteiger partial charge in [-0.15, -0.1) is 0 Å². The number of anilines is 1. The number of carbonyl (C=O) groups is 1. The topological polar surface area (TPSA) is 59.2 Å². The minimum absolute atomic E-state index is 0.0657. The van der Waals surface area contributed by atoms with Gasteiger partial charge < -0.3 is 10.6 Å². The van der Waals surface area contributed by atoms with E-state index in [0.717, 1.165) is 12.3 Å². The van der Waals surface area contributed by atoms with Gasteiger partial charge in [0.05, 0.1) is 11.9 Å². The molecule has 2 N–H and O–H groups in total. The second-order valence-corrected chi connectivity index (χ2v) is 4.18. The maximum atomic E-state index is 11.8. The average molecular weight is 225 g/mol. The van der Waals surface area contributed by atoms with E-state index in [4.69, 9.17) is 5.73 Å². The number of nitrogens with two attached hydrogens (primary N) is 1. The summed E-state index contributed by atoms with van der Waals surface area (Å²) in [6.45, 7) is 0.728. The minimum Gasteiger partial charge on any atom is -0.397 e. The van der Waals surface area contributed by atoms with Crippen molar-refractivity contribution in [1.29, 1.82) is 0 Å². The third-order valence-electron chi connectivity index (χ3n) is 1.98. The Bertz CT molecular complexity index is 326. The Kier molecular flexibility index (Phi) is 4.42. The third kappa shape index (κ3) is 3.43. The van der Waals surface area contributed by atoms with Gasteiger partial charge in [0.25, 0.3) is 5.91 Å². The van der Waals surface area contributed by atoms with Crippen LogP contribution in [0.1, 0.15) is 10.5 Å².